The van der Waals surface area contributed by atoms with Crippen molar-refractivity contribution in [2.24, 2.45) is 5.41 Å². The zero-order valence-electron chi connectivity index (χ0n) is 11.8. The largest absolute Gasteiger partial charge is 0.434 e. The Morgan fingerprint density at radius 1 is 1.38 bits per heavy atom. The van der Waals surface area contributed by atoms with Gasteiger partial charge in [-0.15, -0.1) is 23.7 Å². The Kier molecular flexibility index (Phi) is 4.87. The Hall–Kier alpha value is -0.370. The average Bonchev–Trinajstić information content (AvgIpc) is 3.03. The predicted molar refractivity (Wildman–Crippen MR) is 78.9 cm³/mol. The van der Waals surface area contributed by atoms with Crippen molar-refractivity contribution in [1.82, 2.24) is 15.2 Å². The van der Waals surface area contributed by atoms with Crippen LogP contribution in [0.15, 0.2) is 0 Å². The molecule has 0 saturated carbocycles. The van der Waals surface area contributed by atoms with Crippen LogP contribution in [0, 0.1) is 12.3 Å². The van der Waals surface area contributed by atoms with E-state index in [1.165, 1.54) is 11.3 Å². The van der Waals surface area contributed by atoms with E-state index in [4.69, 9.17) is 0 Å². The lowest BCUT2D eigenvalue weighted by atomic mass is 9.87. The molecule has 0 radical (unpaired) electrons. The van der Waals surface area contributed by atoms with E-state index in [0.29, 0.717) is 16.4 Å². The normalized spacial score (nSPS) is 26.5. The number of hydrogen-bond acceptors (Lipinski definition) is 4. The lowest BCUT2D eigenvalue weighted by molar-refractivity contribution is -0.141. The maximum Gasteiger partial charge on any atom is 0.434 e. The number of halogens is 4. The predicted octanol–water partition coefficient (Wildman–Crippen LogP) is 3.08. The van der Waals surface area contributed by atoms with Gasteiger partial charge in [0.15, 0.2) is 5.69 Å². The number of hydrogen-bond donors (Lipinski definition) is 1. The van der Waals surface area contributed by atoms with E-state index >= 15 is 0 Å². The molecular weight excluding hydrogens is 323 g/mol. The maximum atomic E-state index is 12.9. The quantitative estimate of drug-likeness (QED) is 0.896. The molecule has 8 heteroatoms. The van der Waals surface area contributed by atoms with E-state index in [0.717, 1.165) is 39.0 Å². The molecule has 0 amide bonds. The van der Waals surface area contributed by atoms with Gasteiger partial charge < -0.3 is 5.32 Å². The second-order valence-corrected chi connectivity index (χ2v) is 7.18. The molecule has 1 aromatic rings. The molecule has 120 valence electrons. The highest BCUT2D eigenvalue weighted by Gasteiger charge is 2.42. The van der Waals surface area contributed by atoms with Crippen molar-refractivity contribution in [2.45, 2.75) is 32.5 Å². The van der Waals surface area contributed by atoms with E-state index in [1.54, 1.807) is 6.92 Å². The van der Waals surface area contributed by atoms with Crippen LogP contribution in [0.4, 0.5) is 13.2 Å². The highest BCUT2D eigenvalue weighted by molar-refractivity contribution is 7.11. The zero-order valence-corrected chi connectivity index (χ0v) is 13.4. The number of nitrogens with one attached hydrogen (secondary N) is 1. The van der Waals surface area contributed by atoms with Gasteiger partial charge in [0.05, 0.1) is 9.88 Å². The highest BCUT2D eigenvalue weighted by Crippen LogP contribution is 2.39. The second kappa shape index (κ2) is 6.02. The van der Waals surface area contributed by atoms with Crippen LogP contribution < -0.4 is 5.32 Å². The van der Waals surface area contributed by atoms with Gasteiger partial charge in [-0.1, -0.05) is 0 Å². The monoisotopic (exact) mass is 341 g/mol. The Bertz CT molecular complexity index is 497. The van der Waals surface area contributed by atoms with Crippen LogP contribution in [-0.2, 0) is 12.7 Å². The van der Waals surface area contributed by atoms with Gasteiger partial charge in [0, 0.05) is 19.6 Å². The van der Waals surface area contributed by atoms with Crippen LogP contribution in [0.3, 0.4) is 0 Å². The molecule has 1 unspecified atom stereocenters. The SMILES string of the molecule is Cc1nc(C(F)(F)F)c(CN2CCC3(CCNC3)C2)s1.Cl. The summed E-state index contributed by atoms with van der Waals surface area (Å²) in [6, 6.07) is 0. The third-order valence-electron chi connectivity index (χ3n) is 4.29. The van der Waals surface area contributed by atoms with Crippen LogP contribution in [0.1, 0.15) is 28.4 Å². The molecule has 0 aromatic carbocycles. The summed E-state index contributed by atoms with van der Waals surface area (Å²) < 4.78 is 38.8. The minimum atomic E-state index is -4.34. The number of aromatic nitrogens is 1. The third-order valence-corrected chi connectivity index (χ3v) is 5.25. The molecule has 1 atom stereocenters. The third kappa shape index (κ3) is 3.52. The van der Waals surface area contributed by atoms with Crippen LogP contribution in [0.2, 0.25) is 0 Å². The molecule has 3 heterocycles. The van der Waals surface area contributed by atoms with Crippen molar-refractivity contribution in [3.05, 3.63) is 15.6 Å². The molecule has 0 aliphatic carbocycles. The topological polar surface area (TPSA) is 28.2 Å². The van der Waals surface area contributed by atoms with Crippen molar-refractivity contribution >= 4 is 23.7 Å². The molecule has 21 heavy (non-hydrogen) atoms. The van der Waals surface area contributed by atoms with Crippen LogP contribution in [-0.4, -0.2) is 36.1 Å². The van der Waals surface area contributed by atoms with Gasteiger partial charge in [0.2, 0.25) is 0 Å². The molecule has 1 spiro atoms. The minimum Gasteiger partial charge on any atom is -0.316 e. The fourth-order valence-corrected chi connectivity index (χ4v) is 4.31. The smallest absolute Gasteiger partial charge is 0.316 e. The number of thiazole rings is 1. The van der Waals surface area contributed by atoms with Crippen LogP contribution in [0.25, 0.3) is 0 Å². The number of nitrogens with zero attached hydrogens (tertiary/aromatic N) is 2. The maximum absolute atomic E-state index is 12.9. The number of rotatable bonds is 2. The summed E-state index contributed by atoms with van der Waals surface area (Å²) in [5.41, 5.74) is -0.400. The zero-order chi connectivity index (χ0) is 14.4. The van der Waals surface area contributed by atoms with Crippen molar-refractivity contribution in [2.75, 3.05) is 26.2 Å². The molecule has 3 rings (SSSR count). The van der Waals surface area contributed by atoms with Gasteiger partial charge in [-0.25, -0.2) is 4.98 Å². The van der Waals surface area contributed by atoms with Gasteiger partial charge >= 0.3 is 6.18 Å². The van der Waals surface area contributed by atoms with Crippen molar-refractivity contribution < 1.29 is 13.2 Å². The number of aryl methyl sites for hydroxylation is 1. The highest BCUT2D eigenvalue weighted by atomic mass is 35.5. The lowest BCUT2D eigenvalue weighted by Crippen LogP contribution is -2.29. The summed E-state index contributed by atoms with van der Waals surface area (Å²) in [6.45, 7) is 5.82. The van der Waals surface area contributed by atoms with Gasteiger partial charge in [-0.3, -0.25) is 4.90 Å². The van der Waals surface area contributed by atoms with E-state index in [-0.39, 0.29) is 17.8 Å². The first kappa shape index (κ1) is 17.0. The van der Waals surface area contributed by atoms with Gasteiger partial charge in [-0.2, -0.15) is 13.2 Å². The summed E-state index contributed by atoms with van der Waals surface area (Å²) in [5.74, 6) is 0. The van der Waals surface area contributed by atoms with E-state index < -0.39 is 11.9 Å². The number of likely N-dealkylation sites (tertiary alicyclic amines) is 1. The molecule has 1 N–H and O–H groups in total. The average molecular weight is 342 g/mol. The summed E-state index contributed by atoms with van der Waals surface area (Å²) in [5, 5.41) is 3.85. The van der Waals surface area contributed by atoms with Gasteiger partial charge in [0.1, 0.15) is 0 Å². The molecule has 0 bridgehead atoms. The fraction of sp³-hybridized carbons (Fsp3) is 0.769. The Morgan fingerprint density at radius 2 is 2.14 bits per heavy atom. The first-order valence-electron chi connectivity index (χ1n) is 6.85. The fourth-order valence-electron chi connectivity index (χ4n) is 3.31. The van der Waals surface area contributed by atoms with Crippen LogP contribution >= 0.6 is 23.7 Å². The molecule has 3 nitrogen and oxygen atoms in total. The lowest BCUT2D eigenvalue weighted by Gasteiger charge is -2.22. The standard InChI is InChI=1S/C13H18F3N3S.ClH/c1-9-18-11(13(14,15)16)10(20-9)6-19-5-3-12(8-19)2-4-17-7-12;/h17H,2-8H2,1H3;1H. The molecule has 2 saturated heterocycles. The first-order valence-corrected chi connectivity index (χ1v) is 7.66. The summed E-state index contributed by atoms with van der Waals surface area (Å²) in [4.78, 5) is 6.17. The van der Waals surface area contributed by atoms with Crippen molar-refractivity contribution in [1.29, 1.82) is 0 Å². The molecule has 2 fully saturated rings. The Morgan fingerprint density at radius 3 is 2.76 bits per heavy atom. The molecule has 2 aliphatic rings. The summed E-state index contributed by atoms with van der Waals surface area (Å²) in [6.07, 6.45) is -2.12. The van der Waals surface area contributed by atoms with Crippen LogP contribution in [0.5, 0.6) is 0 Å². The summed E-state index contributed by atoms with van der Waals surface area (Å²) >= 11 is 1.17. The van der Waals surface area contributed by atoms with Gasteiger partial charge in [-0.05, 0) is 38.3 Å². The van der Waals surface area contributed by atoms with Crippen molar-refractivity contribution in [3.63, 3.8) is 0 Å². The van der Waals surface area contributed by atoms with E-state index in [9.17, 15) is 13.2 Å². The second-order valence-electron chi connectivity index (χ2n) is 5.89. The van der Waals surface area contributed by atoms with E-state index in [1.807, 2.05) is 0 Å². The molecule has 2 aliphatic heterocycles. The minimum absolute atomic E-state index is 0. The Labute approximate surface area is 132 Å². The Balaban J connectivity index is 0.00000161. The summed E-state index contributed by atoms with van der Waals surface area (Å²) in [7, 11) is 0. The van der Waals surface area contributed by atoms with E-state index in [2.05, 4.69) is 15.2 Å². The first-order chi connectivity index (χ1) is 9.38. The molecular formula is C13H19ClF3N3S. The van der Waals surface area contributed by atoms with Crippen molar-refractivity contribution in [3.8, 4) is 0 Å². The van der Waals surface area contributed by atoms with Gasteiger partial charge in [0.25, 0.3) is 0 Å². The molecule has 1 aromatic heterocycles. The number of alkyl halides is 3.